The van der Waals surface area contributed by atoms with Crippen molar-refractivity contribution in [2.45, 2.75) is 11.8 Å². The molecule has 0 aromatic heterocycles. The topological polar surface area (TPSA) is 105 Å². The Kier molecular flexibility index (Phi) is 7.84. The van der Waals surface area contributed by atoms with Crippen LogP contribution in [0.2, 0.25) is 10.0 Å². The minimum absolute atomic E-state index is 0.0585. The van der Waals surface area contributed by atoms with E-state index in [1.54, 1.807) is 24.3 Å². The normalized spacial score (nSPS) is 11.4. The van der Waals surface area contributed by atoms with Gasteiger partial charge < -0.3 is 14.2 Å². The van der Waals surface area contributed by atoms with Gasteiger partial charge in [0, 0.05) is 11.3 Å². The zero-order chi connectivity index (χ0) is 24.9. The van der Waals surface area contributed by atoms with Gasteiger partial charge in [-0.2, -0.15) is 13.7 Å². The minimum atomic E-state index is -4.23. The van der Waals surface area contributed by atoms with Gasteiger partial charge in [0.1, 0.15) is 16.5 Å². The summed E-state index contributed by atoms with van der Waals surface area (Å²) in [6.07, 6.45) is 1.20. The molecule has 0 fully saturated rings. The maximum absolute atomic E-state index is 12.9. The van der Waals surface area contributed by atoms with Crippen molar-refractivity contribution in [3.63, 3.8) is 0 Å². The number of methoxy groups -OCH3 is 1. The number of halogens is 2. The zero-order valence-corrected chi connectivity index (χ0v) is 20.3. The van der Waals surface area contributed by atoms with Gasteiger partial charge in [0.05, 0.1) is 17.2 Å². The molecule has 1 amide bonds. The fraction of sp³-hybridized carbons (Fsp3) is 0.0833. The van der Waals surface area contributed by atoms with Crippen molar-refractivity contribution in [1.82, 2.24) is 0 Å². The Bertz CT molecular complexity index is 1410. The number of carbonyl (C=O) groups is 1. The molecule has 0 saturated carbocycles. The highest BCUT2D eigenvalue weighted by atomic mass is 35.5. The van der Waals surface area contributed by atoms with Crippen LogP contribution in [0.3, 0.4) is 0 Å². The number of nitrogens with one attached hydrogen (secondary N) is 1. The predicted molar refractivity (Wildman–Crippen MR) is 131 cm³/mol. The first kappa shape index (κ1) is 25.1. The quantitative estimate of drug-likeness (QED) is 0.248. The molecule has 3 rings (SSSR count). The SMILES string of the molecule is COc1cccc(/C=C(\C#N)C(=O)Nc2ccc(Cl)c(Cl)c2)c1OS(=O)(=O)c1ccc(C)cc1. The van der Waals surface area contributed by atoms with Gasteiger partial charge in [0.15, 0.2) is 11.5 Å². The lowest BCUT2D eigenvalue weighted by molar-refractivity contribution is -0.112. The average molecular weight is 517 g/mol. The van der Waals surface area contributed by atoms with Gasteiger partial charge in [-0.1, -0.05) is 53.0 Å². The number of rotatable bonds is 7. The number of ether oxygens (including phenoxy) is 1. The number of carbonyl (C=O) groups excluding carboxylic acids is 1. The molecule has 0 atom stereocenters. The van der Waals surface area contributed by atoms with Gasteiger partial charge in [-0.25, -0.2) is 0 Å². The molecule has 174 valence electrons. The van der Waals surface area contributed by atoms with E-state index < -0.39 is 16.0 Å². The molecular formula is C24H18Cl2N2O5S. The van der Waals surface area contributed by atoms with Crippen molar-refractivity contribution in [2.24, 2.45) is 0 Å². The molecule has 0 radical (unpaired) electrons. The molecule has 3 aromatic rings. The number of amides is 1. The van der Waals surface area contributed by atoms with Crippen molar-refractivity contribution in [2.75, 3.05) is 12.4 Å². The Labute approximate surface area is 207 Å². The summed E-state index contributed by atoms with van der Waals surface area (Å²) >= 11 is 11.8. The van der Waals surface area contributed by atoms with Crippen LogP contribution in [0.5, 0.6) is 11.5 Å². The third kappa shape index (κ3) is 5.88. The Morgan fingerprint density at radius 2 is 1.76 bits per heavy atom. The lowest BCUT2D eigenvalue weighted by Crippen LogP contribution is -2.14. The summed E-state index contributed by atoms with van der Waals surface area (Å²) in [5, 5.41) is 12.7. The summed E-state index contributed by atoms with van der Waals surface area (Å²) in [5.74, 6) is -0.802. The van der Waals surface area contributed by atoms with Crippen LogP contribution in [0.4, 0.5) is 5.69 Å². The molecule has 0 aliphatic heterocycles. The molecule has 10 heteroatoms. The van der Waals surface area contributed by atoms with Crippen LogP contribution in [-0.2, 0) is 14.9 Å². The lowest BCUT2D eigenvalue weighted by atomic mass is 10.1. The molecule has 0 saturated heterocycles. The average Bonchev–Trinajstić information content (AvgIpc) is 2.80. The highest BCUT2D eigenvalue weighted by molar-refractivity contribution is 7.87. The number of anilines is 1. The molecule has 7 nitrogen and oxygen atoms in total. The van der Waals surface area contributed by atoms with Gasteiger partial charge in [0.25, 0.3) is 5.91 Å². The second kappa shape index (κ2) is 10.6. The Hall–Kier alpha value is -3.51. The van der Waals surface area contributed by atoms with Crippen LogP contribution in [-0.4, -0.2) is 21.4 Å². The zero-order valence-electron chi connectivity index (χ0n) is 18.0. The van der Waals surface area contributed by atoms with E-state index in [0.717, 1.165) is 5.56 Å². The van der Waals surface area contributed by atoms with Crippen molar-refractivity contribution in [3.8, 4) is 17.6 Å². The summed E-state index contributed by atoms with van der Waals surface area (Å²) in [4.78, 5) is 12.6. The van der Waals surface area contributed by atoms with Crippen molar-refractivity contribution in [3.05, 3.63) is 87.4 Å². The standard InChI is InChI=1S/C24H18Cl2N2O5S/c1-15-6-9-19(10-7-15)34(30,31)33-23-16(4-3-5-22(23)32-2)12-17(14-27)24(29)28-18-8-11-20(25)21(26)13-18/h3-13H,1-2H3,(H,28,29)/b17-12+. The molecule has 0 spiro atoms. The molecule has 0 heterocycles. The van der Waals surface area contributed by atoms with Crippen LogP contribution >= 0.6 is 23.2 Å². The van der Waals surface area contributed by atoms with Crippen LogP contribution in [0.15, 0.2) is 71.1 Å². The maximum Gasteiger partial charge on any atom is 0.339 e. The first-order valence-corrected chi connectivity index (χ1v) is 11.9. The first-order valence-electron chi connectivity index (χ1n) is 9.71. The van der Waals surface area contributed by atoms with Gasteiger partial charge in [-0.15, -0.1) is 0 Å². The van der Waals surface area contributed by atoms with Crippen LogP contribution in [0.25, 0.3) is 6.08 Å². The monoisotopic (exact) mass is 516 g/mol. The van der Waals surface area contributed by atoms with E-state index >= 15 is 0 Å². The number of benzene rings is 3. The molecule has 1 N–H and O–H groups in total. The molecule has 0 aliphatic rings. The van der Waals surface area contributed by atoms with Crippen molar-refractivity contribution < 1.29 is 22.1 Å². The van der Waals surface area contributed by atoms with E-state index in [0.29, 0.717) is 10.7 Å². The van der Waals surface area contributed by atoms with E-state index in [-0.39, 0.29) is 32.6 Å². The summed E-state index contributed by atoms with van der Waals surface area (Å²) in [7, 11) is -2.88. The Morgan fingerprint density at radius 1 is 1.06 bits per heavy atom. The van der Waals surface area contributed by atoms with E-state index in [2.05, 4.69) is 5.32 Å². The summed E-state index contributed by atoms with van der Waals surface area (Å²) < 4.78 is 36.3. The summed E-state index contributed by atoms with van der Waals surface area (Å²) in [5.41, 5.74) is 1.05. The molecule has 0 bridgehead atoms. The van der Waals surface area contributed by atoms with Crippen molar-refractivity contribution >= 4 is 51.0 Å². The second-order valence-electron chi connectivity index (χ2n) is 6.98. The number of hydrogen-bond donors (Lipinski definition) is 1. The third-order valence-electron chi connectivity index (χ3n) is 4.57. The molecule has 0 aliphatic carbocycles. The third-order valence-corrected chi connectivity index (χ3v) is 6.55. The van der Waals surface area contributed by atoms with Crippen LogP contribution in [0.1, 0.15) is 11.1 Å². The molecule has 34 heavy (non-hydrogen) atoms. The fourth-order valence-electron chi connectivity index (χ4n) is 2.84. The largest absolute Gasteiger partial charge is 0.493 e. The highest BCUT2D eigenvalue weighted by Gasteiger charge is 2.22. The maximum atomic E-state index is 12.9. The highest BCUT2D eigenvalue weighted by Crippen LogP contribution is 2.35. The van der Waals surface area contributed by atoms with Crippen molar-refractivity contribution in [1.29, 1.82) is 5.26 Å². The number of nitrogens with zero attached hydrogens (tertiary/aromatic N) is 1. The number of nitriles is 1. The predicted octanol–water partition coefficient (Wildman–Crippen LogP) is 5.62. The lowest BCUT2D eigenvalue weighted by Gasteiger charge is -2.14. The van der Waals surface area contributed by atoms with Crippen LogP contribution in [0, 0.1) is 18.3 Å². The number of aryl methyl sites for hydroxylation is 1. The minimum Gasteiger partial charge on any atom is -0.493 e. The van der Waals surface area contributed by atoms with Gasteiger partial charge in [-0.05, 0) is 49.4 Å². The Morgan fingerprint density at radius 3 is 2.38 bits per heavy atom. The van der Waals surface area contributed by atoms with Gasteiger partial charge in [0.2, 0.25) is 0 Å². The molecule has 3 aromatic carbocycles. The van der Waals surface area contributed by atoms with Gasteiger partial charge in [-0.3, -0.25) is 4.79 Å². The fourth-order valence-corrected chi connectivity index (χ4v) is 4.10. The molecular weight excluding hydrogens is 499 g/mol. The van der Waals surface area contributed by atoms with E-state index in [9.17, 15) is 18.5 Å². The summed E-state index contributed by atoms with van der Waals surface area (Å²) in [6, 6.07) is 16.9. The Balaban J connectivity index is 1.98. The number of hydrogen-bond acceptors (Lipinski definition) is 6. The smallest absolute Gasteiger partial charge is 0.339 e. The number of para-hydroxylation sites is 1. The van der Waals surface area contributed by atoms with E-state index in [1.165, 1.54) is 55.7 Å². The second-order valence-corrected chi connectivity index (χ2v) is 9.34. The summed E-state index contributed by atoms with van der Waals surface area (Å²) in [6.45, 7) is 1.83. The van der Waals surface area contributed by atoms with E-state index in [4.69, 9.17) is 32.1 Å². The van der Waals surface area contributed by atoms with Gasteiger partial charge >= 0.3 is 10.1 Å². The molecule has 0 unspecified atom stereocenters. The van der Waals surface area contributed by atoms with E-state index in [1.807, 2.05) is 6.92 Å². The first-order chi connectivity index (χ1) is 16.1. The van der Waals surface area contributed by atoms with Crippen LogP contribution < -0.4 is 14.2 Å².